The van der Waals surface area contributed by atoms with Gasteiger partial charge in [0.25, 0.3) is 0 Å². The van der Waals surface area contributed by atoms with Crippen molar-refractivity contribution in [3.8, 4) is 5.88 Å². The summed E-state index contributed by atoms with van der Waals surface area (Å²) >= 11 is 3.26. The lowest BCUT2D eigenvalue weighted by molar-refractivity contribution is 0.0841. The molecule has 3 rings (SSSR count). The molecule has 2 heterocycles. The molecule has 0 radical (unpaired) electrons. The van der Waals surface area contributed by atoms with Crippen LogP contribution in [0, 0.1) is 5.82 Å². The average Bonchev–Trinajstić information content (AvgIpc) is 2.49. The fourth-order valence-corrected chi connectivity index (χ4v) is 3.09. The minimum atomic E-state index is -0.476. The van der Waals surface area contributed by atoms with Gasteiger partial charge >= 0.3 is 0 Å². The Balaban J connectivity index is 2.07. The molecule has 1 aliphatic rings. The fourth-order valence-electron chi connectivity index (χ4n) is 2.56. The first-order valence-corrected chi connectivity index (χ1v) is 7.70. The maximum absolute atomic E-state index is 13.4. The van der Waals surface area contributed by atoms with E-state index >= 15 is 0 Å². The Morgan fingerprint density at radius 1 is 1.41 bits per heavy atom. The Bertz CT molecular complexity index is 699. The molecule has 2 aromatic rings. The minimum absolute atomic E-state index is 0.0268. The van der Waals surface area contributed by atoms with Crippen molar-refractivity contribution >= 4 is 32.8 Å². The molecule has 0 saturated carbocycles. The van der Waals surface area contributed by atoms with Gasteiger partial charge in [0, 0.05) is 17.6 Å². The third-order valence-electron chi connectivity index (χ3n) is 3.63. The summed E-state index contributed by atoms with van der Waals surface area (Å²) in [4.78, 5) is 10.4. The molecule has 0 spiro atoms. The molecular weight excluding hydrogens is 357 g/mol. The summed E-state index contributed by atoms with van der Waals surface area (Å²) in [6.45, 7) is 1.58. The number of ether oxygens (including phenoxy) is 1. The molecule has 1 aliphatic heterocycles. The molecule has 0 aliphatic carbocycles. The highest BCUT2D eigenvalue weighted by molar-refractivity contribution is 9.10. The Morgan fingerprint density at radius 3 is 3.00 bits per heavy atom. The minimum Gasteiger partial charge on any atom is -0.493 e. The lowest BCUT2D eigenvalue weighted by Crippen LogP contribution is -2.46. The molecule has 0 amide bonds. The summed E-state index contributed by atoms with van der Waals surface area (Å²) in [5, 5.41) is 19.5. The van der Waals surface area contributed by atoms with Crippen LogP contribution in [-0.4, -0.2) is 52.6 Å². The van der Waals surface area contributed by atoms with Crippen molar-refractivity contribution in [3.63, 3.8) is 0 Å². The molecule has 1 saturated heterocycles. The number of aliphatic hydroxyl groups is 1. The van der Waals surface area contributed by atoms with Gasteiger partial charge in [0.05, 0.1) is 30.2 Å². The Hall–Kier alpha value is -1.51. The van der Waals surface area contributed by atoms with Crippen LogP contribution >= 0.6 is 15.9 Å². The van der Waals surface area contributed by atoms with Crippen LogP contribution in [0.3, 0.4) is 0 Å². The number of fused-ring (bicyclic) bond motifs is 1. The van der Waals surface area contributed by atoms with Gasteiger partial charge in [-0.2, -0.15) is 4.98 Å². The number of hydrogen-bond acceptors (Lipinski definition) is 6. The average molecular weight is 372 g/mol. The molecule has 6 nitrogen and oxygen atoms in total. The smallest absolute Gasteiger partial charge is 0.229 e. The van der Waals surface area contributed by atoms with Crippen LogP contribution in [0.1, 0.15) is 6.42 Å². The number of nitrogens with zero attached hydrogens (tertiary/aromatic N) is 3. The number of aliphatic hydroxyl groups excluding tert-OH is 1. The SMILES string of the molecule is OCC[C@H]1COCCN1c1nc(O)c2cc(F)cc(Br)c2n1. The normalized spacial score (nSPS) is 18.9. The molecule has 1 fully saturated rings. The summed E-state index contributed by atoms with van der Waals surface area (Å²) in [7, 11) is 0. The topological polar surface area (TPSA) is 78.7 Å². The monoisotopic (exact) mass is 371 g/mol. The number of rotatable bonds is 3. The van der Waals surface area contributed by atoms with Gasteiger partial charge < -0.3 is 19.8 Å². The summed E-state index contributed by atoms with van der Waals surface area (Å²) in [5.41, 5.74) is 0.443. The fraction of sp³-hybridized carbons (Fsp3) is 0.429. The van der Waals surface area contributed by atoms with Gasteiger partial charge in [0.1, 0.15) is 5.82 Å². The Kier molecular flexibility index (Phi) is 4.42. The first-order chi connectivity index (χ1) is 10.6. The van der Waals surface area contributed by atoms with E-state index in [0.717, 1.165) is 0 Å². The van der Waals surface area contributed by atoms with Crippen LogP contribution in [0.2, 0.25) is 0 Å². The zero-order chi connectivity index (χ0) is 15.7. The first kappa shape index (κ1) is 15.4. The van der Waals surface area contributed by atoms with Gasteiger partial charge in [-0.25, -0.2) is 9.37 Å². The quantitative estimate of drug-likeness (QED) is 0.856. The first-order valence-electron chi connectivity index (χ1n) is 6.91. The molecule has 118 valence electrons. The summed E-state index contributed by atoms with van der Waals surface area (Å²) in [5.74, 6) is -0.399. The third kappa shape index (κ3) is 2.86. The van der Waals surface area contributed by atoms with Crippen molar-refractivity contribution in [3.05, 3.63) is 22.4 Å². The summed E-state index contributed by atoms with van der Waals surface area (Å²) < 4.78 is 19.3. The van der Waals surface area contributed by atoms with E-state index in [9.17, 15) is 9.50 Å². The second kappa shape index (κ2) is 6.31. The highest BCUT2D eigenvalue weighted by Crippen LogP contribution is 2.31. The molecule has 8 heteroatoms. The van der Waals surface area contributed by atoms with Crippen LogP contribution in [0.4, 0.5) is 10.3 Å². The number of hydrogen-bond donors (Lipinski definition) is 2. The number of aromatic hydroxyl groups is 1. The molecule has 2 N–H and O–H groups in total. The molecule has 0 bridgehead atoms. The van der Waals surface area contributed by atoms with Gasteiger partial charge in [-0.1, -0.05) is 0 Å². The molecular formula is C14H15BrFN3O3. The second-order valence-corrected chi connectivity index (χ2v) is 5.92. The summed E-state index contributed by atoms with van der Waals surface area (Å²) in [6.07, 6.45) is 0.521. The predicted molar refractivity (Wildman–Crippen MR) is 82.5 cm³/mol. The Labute approximate surface area is 134 Å². The van der Waals surface area contributed by atoms with E-state index < -0.39 is 5.82 Å². The van der Waals surface area contributed by atoms with Gasteiger partial charge in [-0.15, -0.1) is 0 Å². The van der Waals surface area contributed by atoms with Crippen LogP contribution < -0.4 is 4.90 Å². The maximum atomic E-state index is 13.4. The van der Waals surface area contributed by atoms with Crippen LogP contribution in [0.5, 0.6) is 5.88 Å². The third-order valence-corrected chi connectivity index (χ3v) is 4.24. The molecule has 1 aromatic heterocycles. The molecule has 0 unspecified atom stereocenters. The van der Waals surface area contributed by atoms with Gasteiger partial charge in [-0.3, -0.25) is 0 Å². The van der Waals surface area contributed by atoms with E-state index in [4.69, 9.17) is 9.84 Å². The van der Waals surface area contributed by atoms with Crippen molar-refractivity contribution in [2.75, 3.05) is 31.3 Å². The van der Waals surface area contributed by atoms with Crippen LogP contribution in [0.15, 0.2) is 16.6 Å². The van der Waals surface area contributed by atoms with E-state index in [1.165, 1.54) is 12.1 Å². The zero-order valence-electron chi connectivity index (χ0n) is 11.7. The number of halogens is 2. The van der Waals surface area contributed by atoms with Crippen molar-refractivity contribution < 1.29 is 19.3 Å². The van der Waals surface area contributed by atoms with Gasteiger partial charge in [0.15, 0.2) is 0 Å². The van der Waals surface area contributed by atoms with E-state index in [2.05, 4.69) is 25.9 Å². The highest BCUT2D eigenvalue weighted by Gasteiger charge is 2.26. The molecule has 22 heavy (non-hydrogen) atoms. The van der Waals surface area contributed by atoms with Crippen molar-refractivity contribution in [1.29, 1.82) is 0 Å². The highest BCUT2D eigenvalue weighted by atomic mass is 79.9. The predicted octanol–water partition coefficient (Wildman–Crippen LogP) is 1.82. The largest absolute Gasteiger partial charge is 0.493 e. The number of benzene rings is 1. The van der Waals surface area contributed by atoms with Crippen LogP contribution in [-0.2, 0) is 4.74 Å². The van der Waals surface area contributed by atoms with Crippen molar-refractivity contribution in [1.82, 2.24) is 9.97 Å². The second-order valence-electron chi connectivity index (χ2n) is 5.07. The number of anilines is 1. The standard InChI is InChI=1S/C14H15BrFN3O3/c15-11-6-8(16)5-10-12(11)17-14(18-13(10)21)19-2-4-22-7-9(19)1-3-20/h5-6,9,20H,1-4,7H2,(H,17,18,21)/t9-/m0/s1. The van der Waals surface area contributed by atoms with E-state index in [1.54, 1.807) is 0 Å². The van der Waals surface area contributed by atoms with Gasteiger partial charge in [-0.05, 0) is 34.5 Å². The van der Waals surface area contributed by atoms with E-state index in [-0.39, 0.29) is 23.9 Å². The molecule has 1 aromatic carbocycles. The molecule has 1 atom stereocenters. The lowest BCUT2D eigenvalue weighted by atomic mass is 10.1. The number of aromatic nitrogens is 2. The maximum Gasteiger partial charge on any atom is 0.229 e. The zero-order valence-corrected chi connectivity index (χ0v) is 13.3. The Morgan fingerprint density at radius 2 is 2.23 bits per heavy atom. The number of morpholine rings is 1. The summed E-state index contributed by atoms with van der Waals surface area (Å²) in [6, 6.07) is 2.43. The van der Waals surface area contributed by atoms with Crippen LogP contribution in [0.25, 0.3) is 10.9 Å². The lowest BCUT2D eigenvalue weighted by Gasteiger charge is -2.35. The van der Waals surface area contributed by atoms with Crippen molar-refractivity contribution in [2.45, 2.75) is 12.5 Å². The van der Waals surface area contributed by atoms with E-state index in [0.29, 0.717) is 42.1 Å². The van der Waals surface area contributed by atoms with E-state index in [1.807, 2.05) is 4.90 Å². The van der Waals surface area contributed by atoms with Gasteiger partial charge in [0.2, 0.25) is 11.8 Å². The van der Waals surface area contributed by atoms with Crippen molar-refractivity contribution in [2.24, 2.45) is 0 Å².